The molecule has 1 amide bonds. The van der Waals surface area contributed by atoms with Gasteiger partial charge in [0.15, 0.2) is 0 Å². The minimum atomic E-state index is -0.510. The van der Waals surface area contributed by atoms with Crippen LogP contribution in [-0.4, -0.2) is 35.6 Å². The number of allylic oxidation sites excluding steroid dienone is 2. The maximum absolute atomic E-state index is 12.3. The van der Waals surface area contributed by atoms with E-state index in [0.717, 1.165) is 23.1 Å². The fraction of sp³-hybridized carbons (Fsp3) is 0.333. The molecule has 0 radical (unpaired) electrons. The molecule has 0 saturated heterocycles. The summed E-state index contributed by atoms with van der Waals surface area (Å²) in [6, 6.07) is 8.13. The van der Waals surface area contributed by atoms with Gasteiger partial charge in [-0.25, -0.2) is 4.79 Å². The third-order valence-electron chi connectivity index (χ3n) is 6.44. The van der Waals surface area contributed by atoms with Crippen LogP contribution in [-0.2, 0) is 29.0 Å². The maximum atomic E-state index is 12.3. The zero-order valence-electron chi connectivity index (χ0n) is 19.8. The minimum absolute atomic E-state index is 0.00383. The Labute approximate surface area is 198 Å². The van der Waals surface area contributed by atoms with Crippen molar-refractivity contribution < 1.29 is 24.2 Å². The van der Waals surface area contributed by atoms with Crippen molar-refractivity contribution in [2.45, 2.75) is 46.1 Å². The fourth-order valence-electron chi connectivity index (χ4n) is 4.48. The van der Waals surface area contributed by atoms with Gasteiger partial charge in [0.1, 0.15) is 23.7 Å². The lowest BCUT2D eigenvalue weighted by atomic mass is 9.94. The Morgan fingerprint density at radius 1 is 1.29 bits per heavy atom. The molecule has 1 aliphatic heterocycles. The number of hydrogen-bond acceptors (Lipinski definition) is 5. The first-order valence-corrected chi connectivity index (χ1v) is 11.5. The third kappa shape index (κ3) is 4.64. The van der Waals surface area contributed by atoms with Crippen molar-refractivity contribution >= 4 is 22.8 Å². The van der Waals surface area contributed by atoms with E-state index in [1.54, 1.807) is 7.11 Å². The van der Waals surface area contributed by atoms with Gasteiger partial charge in [0.2, 0.25) is 5.91 Å². The Morgan fingerprint density at radius 2 is 2.09 bits per heavy atom. The summed E-state index contributed by atoms with van der Waals surface area (Å²) in [5.41, 5.74) is 5.57. The summed E-state index contributed by atoms with van der Waals surface area (Å²) in [6.07, 6.45) is 6.10. The van der Waals surface area contributed by atoms with Crippen LogP contribution in [0.15, 0.2) is 42.1 Å². The molecule has 0 fully saturated rings. The number of aromatic hydroxyl groups is 1. The summed E-state index contributed by atoms with van der Waals surface area (Å²) < 4.78 is 10.6. The van der Waals surface area contributed by atoms with E-state index in [1.165, 1.54) is 10.9 Å². The maximum Gasteiger partial charge on any atom is 0.342 e. The summed E-state index contributed by atoms with van der Waals surface area (Å²) in [6.45, 7) is 4.55. The number of carbonyl (C=O) groups excluding carboxylic acids is 2. The largest absolute Gasteiger partial charge is 0.507 e. The number of phenols is 1. The second-order valence-electron chi connectivity index (χ2n) is 8.63. The number of para-hydroxylation sites is 1. The first-order chi connectivity index (χ1) is 16.4. The average Bonchev–Trinajstić information content (AvgIpc) is 3.43. The van der Waals surface area contributed by atoms with Crippen molar-refractivity contribution in [1.29, 1.82) is 0 Å². The average molecular weight is 463 g/mol. The van der Waals surface area contributed by atoms with Gasteiger partial charge in [-0.05, 0) is 50.3 Å². The van der Waals surface area contributed by atoms with Crippen LogP contribution >= 0.6 is 0 Å². The molecule has 0 atom stereocenters. The van der Waals surface area contributed by atoms with Crippen molar-refractivity contribution in [3.63, 3.8) is 0 Å². The van der Waals surface area contributed by atoms with E-state index < -0.39 is 5.97 Å². The third-order valence-corrected chi connectivity index (χ3v) is 6.44. The molecular weight excluding hydrogens is 432 g/mol. The number of esters is 1. The first kappa shape index (κ1) is 23.4. The molecule has 0 saturated carbocycles. The number of H-pyrrole nitrogens is 1. The number of phenolic OH excluding ortho intramolecular Hbond substituents is 1. The Hall–Kier alpha value is -3.74. The molecule has 0 bridgehead atoms. The second-order valence-corrected chi connectivity index (χ2v) is 8.63. The summed E-state index contributed by atoms with van der Waals surface area (Å²) in [7, 11) is 1.55. The molecule has 2 aromatic carbocycles. The molecular formula is C27H30N2O5. The second kappa shape index (κ2) is 10.0. The van der Waals surface area contributed by atoms with Crippen molar-refractivity contribution in [1.82, 2.24) is 10.3 Å². The smallest absolute Gasteiger partial charge is 0.342 e. The SMILES string of the molecule is COc1c(C)c2c(c(O)c1C/C=C(\C)CCC(=O)NCCc1c[nH]c3ccccc13)C(=O)OC2. The van der Waals surface area contributed by atoms with Crippen LogP contribution in [0.1, 0.15) is 52.4 Å². The molecule has 3 N–H and O–H groups in total. The number of aromatic amines is 1. The first-order valence-electron chi connectivity index (χ1n) is 11.5. The predicted molar refractivity (Wildman–Crippen MR) is 130 cm³/mol. The van der Waals surface area contributed by atoms with Crippen LogP contribution in [0.25, 0.3) is 10.9 Å². The predicted octanol–water partition coefficient (Wildman–Crippen LogP) is 4.49. The van der Waals surface area contributed by atoms with E-state index in [2.05, 4.69) is 16.4 Å². The summed E-state index contributed by atoms with van der Waals surface area (Å²) in [5.74, 6) is -0.0266. The summed E-state index contributed by atoms with van der Waals surface area (Å²) >= 11 is 0. The monoisotopic (exact) mass is 462 g/mol. The van der Waals surface area contributed by atoms with Crippen LogP contribution in [0.5, 0.6) is 11.5 Å². The lowest BCUT2D eigenvalue weighted by molar-refractivity contribution is -0.121. The van der Waals surface area contributed by atoms with Crippen LogP contribution < -0.4 is 10.1 Å². The van der Waals surface area contributed by atoms with E-state index in [-0.39, 0.29) is 23.8 Å². The lowest BCUT2D eigenvalue weighted by Gasteiger charge is -2.15. The van der Waals surface area contributed by atoms with E-state index in [9.17, 15) is 14.7 Å². The van der Waals surface area contributed by atoms with Gasteiger partial charge < -0.3 is 24.9 Å². The molecule has 3 aromatic rings. The van der Waals surface area contributed by atoms with Crippen molar-refractivity contribution in [3.05, 3.63) is 69.9 Å². The highest BCUT2D eigenvalue weighted by Crippen LogP contribution is 2.42. The fourth-order valence-corrected chi connectivity index (χ4v) is 4.48. The van der Waals surface area contributed by atoms with E-state index in [1.807, 2.05) is 44.3 Å². The molecule has 2 heterocycles. The van der Waals surface area contributed by atoms with E-state index >= 15 is 0 Å². The summed E-state index contributed by atoms with van der Waals surface area (Å²) in [5, 5.41) is 14.9. The zero-order chi connectivity index (χ0) is 24.2. The van der Waals surface area contributed by atoms with Gasteiger partial charge in [0, 0.05) is 41.2 Å². The number of amides is 1. The van der Waals surface area contributed by atoms with Crippen LogP contribution in [0.4, 0.5) is 0 Å². The Bertz CT molecular complexity index is 1270. The molecule has 34 heavy (non-hydrogen) atoms. The van der Waals surface area contributed by atoms with Gasteiger partial charge in [0.05, 0.1) is 7.11 Å². The number of benzene rings is 2. The highest BCUT2D eigenvalue weighted by atomic mass is 16.5. The molecule has 7 heteroatoms. The van der Waals surface area contributed by atoms with E-state index in [4.69, 9.17) is 9.47 Å². The number of aromatic nitrogens is 1. The van der Waals surface area contributed by atoms with Gasteiger partial charge in [-0.3, -0.25) is 4.79 Å². The Morgan fingerprint density at radius 3 is 2.88 bits per heavy atom. The van der Waals surface area contributed by atoms with Crippen LogP contribution in [0.2, 0.25) is 0 Å². The van der Waals surface area contributed by atoms with Gasteiger partial charge in [-0.15, -0.1) is 0 Å². The van der Waals surface area contributed by atoms with Crippen molar-refractivity contribution in [3.8, 4) is 11.5 Å². The number of rotatable bonds is 9. The lowest BCUT2D eigenvalue weighted by Crippen LogP contribution is -2.25. The van der Waals surface area contributed by atoms with Gasteiger partial charge >= 0.3 is 5.97 Å². The summed E-state index contributed by atoms with van der Waals surface area (Å²) in [4.78, 5) is 27.6. The minimum Gasteiger partial charge on any atom is -0.507 e. The molecule has 1 aliphatic rings. The zero-order valence-corrected chi connectivity index (χ0v) is 19.8. The quantitative estimate of drug-likeness (QED) is 0.321. The Balaban J connectivity index is 1.32. The van der Waals surface area contributed by atoms with Gasteiger partial charge in [0.25, 0.3) is 0 Å². The normalized spacial score (nSPS) is 13.1. The highest BCUT2D eigenvalue weighted by molar-refractivity contribution is 5.98. The number of methoxy groups -OCH3 is 1. The highest BCUT2D eigenvalue weighted by Gasteiger charge is 2.31. The van der Waals surface area contributed by atoms with Gasteiger partial charge in [-0.1, -0.05) is 29.8 Å². The molecule has 7 nitrogen and oxygen atoms in total. The van der Waals surface area contributed by atoms with E-state index in [0.29, 0.717) is 42.7 Å². The number of ether oxygens (including phenoxy) is 2. The molecule has 1 aromatic heterocycles. The van der Waals surface area contributed by atoms with Crippen molar-refractivity contribution in [2.24, 2.45) is 0 Å². The Kier molecular flexibility index (Phi) is 6.91. The molecule has 4 rings (SSSR count). The number of carbonyl (C=O) groups is 2. The topological polar surface area (TPSA) is 101 Å². The molecule has 0 spiro atoms. The van der Waals surface area contributed by atoms with Crippen molar-refractivity contribution in [2.75, 3.05) is 13.7 Å². The van der Waals surface area contributed by atoms with Crippen LogP contribution in [0, 0.1) is 6.92 Å². The van der Waals surface area contributed by atoms with Crippen LogP contribution in [0.3, 0.4) is 0 Å². The number of nitrogens with one attached hydrogen (secondary N) is 2. The molecule has 178 valence electrons. The molecule has 0 aliphatic carbocycles. The molecule has 0 unspecified atom stereocenters. The number of cyclic esters (lactones) is 1. The number of fused-ring (bicyclic) bond motifs is 2. The standard InChI is InChI=1S/C27H30N2O5/c1-16(8-10-20-25(31)24-21(15-34-27(24)32)17(2)26(20)33-3)9-11-23(30)28-13-12-18-14-29-22-7-5-4-6-19(18)22/h4-8,14,29,31H,9-13,15H2,1-3H3,(H,28,30)/b16-8+. The number of hydrogen-bond donors (Lipinski definition) is 3. The van der Waals surface area contributed by atoms with Gasteiger partial charge in [-0.2, -0.15) is 0 Å².